The Labute approximate surface area is 257 Å². The Morgan fingerprint density at radius 3 is 2.68 bits per heavy atom. The highest BCUT2D eigenvalue weighted by Crippen LogP contribution is 2.34. The zero-order valence-electron chi connectivity index (χ0n) is 25.6. The molecular formula is C35H37FN4O4. The van der Waals surface area contributed by atoms with E-state index >= 15 is 0 Å². The molecule has 44 heavy (non-hydrogen) atoms. The normalized spacial score (nSPS) is 18.4. The Balaban J connectivity index is 1.23. The first kappa shape index (κ1) is 29.8. The molecule has 6 rings (SSSR count). The Morgan fingerprint density at radius 1 is 1.16 bits per heavy atom. The minimum absolute atomic E-state index is 0.0764. The molecule has 1 saturated heterocycles. The number of benzene rings is 3. The van der Waals surface area contributed by atoms with Crippen LogP contribution in [0.3, 0.4) is 0 Å². The smallest absolute Gasteiger partial charge is 0.338 e. The number of halogens is 1. The number of hydrogen-bond donors (Lipinski definition) is 0. The van der Waals surface area contributed by atoms with E-state index in [0.717, 1.165) is 42.9 Å². The quantitative estimate of drug-likeness (QED) is 0.215. The molecule has 0 aliphatic carbocycles. The molecule has 0 radical (unpaired) electrons. The van der Waals surface area contributed by atoms with E-state index in [4.69, 9.17) is 24.5 Å². The number of nitriles is 1. The van der Waals surface area contributed by atoms with E-state index in [1.54, 1.807) is 18.2 Å². The summed E-state index contributed by atoms with van der Waals surface area (Å²) >= 11 is 0. The van der Waals surface area contributed by atoms with E-state index in [1.807, 2.05) is 51.1 Å². The standard InChI is InChI=1S/C35H37FN4O4/c1-22-29-17-27(43-21-26-6-5-23(18-37)15-30(26)36)9-7-24(29)11-13-39(22)20-33-38-31-10-8-25(34(41)44-35(2,3)4)16-32(31)40(33)19-28-12-14-42-28/h5-10,15-17,22,28H,11-14,19-21H2,1-4H3/t22?,28-/m0/s1. The maximum absolute atomic E-state index is 14.4. The molecule has 2 aliphatic rings. The highest BCUT2D eigenvalue weighted by atomic mass is 19.1. The average molecular weight is 597 g/mol. The van der Waals surface area contributed by atoms with Crippen LogP contribution in [0, 0.1) is 17.1 Å². The maximum atomic E-state index is 14.4. The lowest BCUT2D eigenvalue weighted by atomic mass is 9.93. The molecule has 0 spiro atoms. The van der Waals surface area contributed by atoms with Gasteiger partial charge in [0.15, 0.2) is 0 Å². The molecule has 2 aliphatic heterocycles. The first-order valence-electron chi connectivity index (χ1n) is 15.1. The molecular weight excluding hydrogens is 559 g/mol. The molecule has 3 aromatic carbocycles. The lowest BCUT2D eigenvalue weighted by Crippen LogP contribution is -2.36. The fourth-order valence-electron chi connectivity index (χ4n) is 5.82. The van der Waals surface area contributed by atoms with Crippen molar-refractivity contribution in [2.75, 3.05) is 13.2 Å². The van der Waals surface area contributed by atoms with Crippen molar-refractivity contribution >= 4 is 17.0 Å². The van der Waals surface area contributed by atoms with Crippen molar-refractivity contribution < 1.29 is 23.4 Å². The Kier molecular flexibility index (Phi) is 8.14. The molecule has 0 bridgehead atoms. The summed E-state index contributed by atoms with van der Waals surface area (Å²) in [6.45, 7) is 10.8. The van der Waals surface area contributed by atoms with Gasteiger partial charge in [0, 0.05) is 24.8 Å². The molecule has 0 amide bonds. The number of carbonyl (C=O) groups is 1. The average Bonchev–Trinajstić information content (AvgIpc) is 3.30. The molecule has 0 N–H and O–H groups in total. The van der Waals surface area contributed by atoms with Gasteiger partial charge in [0.2, 0.25) is 0 Å². The number of esters is 1. The zero-order chi connectivity index (χ0) is 31.0. The molecule has 2 atom stereocenters. The monoisotopic (exact) mass is 596 g/mol. The van der Waals surface area contributed by atoms with Crippen LogP contribution < -0.4 is 4.74 Å². The number of carbonyl (C=O) groups excluding carboxylic acids is 1. The second-order valence-electron chi connectivity index (χ2n) is 12.6. The van der Waals surface area contributed by atoms with Gasteiger partial charge >= 0.3 is 5.97 Å². The van der Waals surface area contributed by atoms with Gasteiger partial charge in [0.1, 0.15) is 29.6 Å². The van der Waals surface area contributed by atoms with Crippen molar-refractivity contribution in [3.63, 3.8) is 0 Å². The molecule has 3 heterocycles. The predicted molar refractivity (Wildman–Crippen MR) is 164 cm³/mol. The number of fused-ring (bicyclic) bond motifs is 2. The van der Waals surface area contributed by atoms with Crippen LogP contribution >= 0.6 is 0 Å². The molecule has 8 nitrogen and oxygen atoms in total. The lowest BCUT2D eigenvalue weighted by molar-refractivity contribution is -0.0592. The highest BCUT2D eigenvalue weighted by molar-refractivity contribution is 5.94. The summed E-state index contributed by atoms with van der Waals surface area (Å²) in [6, 6.07) is 18.1. The van der Waals surface area contributed by atoms with E-state index in [2.05, 4.69) is 22.5 Å². The Bertz CT molecular complexity index is 1750. The number of ether oxygens (including phenoxy) is 3. The van der Waals surface area contributed by atoms with Gasteiger partial charge in [-0.1, -0.05) is 12.1 Å². The highest BCUT2D eigenvalue weighted by Gasteiger charge is 2.28. The van der Waals surface area contributed by atoms with Crippen molar-refractivity contribution in [2.45, 2.75) is 78.0 Å². The number of nitrogens with zero attached hydrogens (tertiary/aromatic N) is 4. The first-order valence-corrected chi connectivity index (χ1v) is 15.1. The number of imidazole rings is 1. The first-order chi connectivity index (χ1) is 21.1. The molecule has 4 aromatic rings. The van der Waals surface area contributed by atoms with E-state index in [9.17, 15) is 9.18 Å². The van der Waals surface area contributed by atoms with Crippen molar-refractivity contribution in [1.82, 2.24) is 14.5 Å². The summed E-state index contributed by atoms with van der Waals surface area (Å²) in [4.78, 5) is 20.3. The Morgan fingerprint density at radius 2 is 1.98 bits per heavy atom. The second-order valence-corrected chi connectivity index (χ2v) is 12.6. The lowest BCUT2D eigenvalue weighted by Gasteiger charge is -2.35. The summed E-state index contributed by atoms with van der Waals surface area (Å²) < 4.78 is 34.0. The molecule has 9 heteroatoms. The van der Waals surface area contributed by atoms with Crippen molar-refractivity contribution in [3.8, 4) is 11.8 Å². The van der Waals surface area contributed by atoms with Gasteiger partial charge in [-0.05, 0) is 94.1 Å². The second kappa shape index (κ2) is 12.0. The van der Waals surface area contributed by atoms with Crippen molar-refractivity contribution in [1.29, 1.82) is 5.26 Å². The largest absolute Gasteiger partial charge is 0.489 e. The van der Waals surface area contributed by atoms with Crippen LogP contribution in [-0.4, -0.2) is 45.3 Å². The number of hydrogen-bond acceptors (Lipinski definition) is 7. The summed E-state index contributed by atoms with van der Waals surface area (Å²) in [5, 5.41) is 9.00. The SMILES string of the molecule is CC1c2cc(OCc3ccc(C#N)cc3F)ccc2CCN1Cc1nc2ccc(C(=O)OC(C)(C)C)cc2n1C[C@@H]1CCO1. The Hall–Kier alpha value is -4.26. The minimum atomic E-state index is -0.581. The van der Waals surface area contributed by atoms with Gasteiger partial charge in [-0.3, -0.25) is 4.90 Å². The van der Waals surface area contributed by atoms with Crippen LogP contribution in [0.4, 0.5) is 4.39 Å². The van der Waals surface area contributed by atoms with Crippen molar-refractivity contribution in [2.24, 2.45) is 0 Å². The third kappa shape index (κ3) is 6.33. The fourth-order valence-corrected chi connectivity index (χ4v) is 5.82. The van der Waals surface area contributed by atoms with Crippen LogP contribution in [-0.2, 0) is 35.6 Å². The zero-order valence-corrected chi connectivity index (χ0v) is 25.6. The van der Waals surface area contributed by atoms with Gasteiger partial charge in [-0.25, -0.2) is 14.2 Å². The van der Waals surface area contributed by atoms with Gasteiger partial charge in [-0.15, -0.1) is 0 Å². The molecule has 0 saturated carbocycles. The van der Waals surface area contributed by atoms with E-state index in [-0.39, 0.29) is 30.3 Å². The van der Waals surface area contributed by atoms with Crippen LogP contribution in [0.1, 0.15) is 78.6 Å². The maximum Gasteiger partial charge on any atom is 0.338 e. The van der Waals surface area contributed by atoms with Gasteiger partial charge < -0.3 is 18.8 Å². The molecule has 1 fully saturated rings. The van der Waals surface area contributed by atoms with E-state index in [0.29, 0.717) is 30.0 Å². The topological polar surface area (TPSA) is 89.6 Å². The fraction of sp³-hybridized carbons (Fsp3) is 0.400. The predicted octanol–water partition coefficient (Wildman–Crippen LogP) is 6.49. The van der Waals surface area contributed by atoms with E-state index in [1.165, 1.54) is 17.2 Å². The van der Waals surface area contributed by atoms with Gasteiger partial charge in [0.25, 0.3) is 0 Å². The summed E-state index contributed by atoms with van der Waals surface area (Å²) in [6.07, 6.45) is 2.00. The number of aromatic nitrogens is 2. The number of rotatable bonds is 8. The van der Waals surface area contributed by atoms with Crippen LogP contribution in [0.25, 0.3) is 11.0 Å². The van der Waals surface area contributed by atoms with Gasteiger partial charge in [0.05, 0.1) is 47.4 Å². The summed E-state index contributed by atoms with van der Waals surface area (Å²) in [5.41, 5.74) is 4.78. The third-order valence-electron chi connectivity index (χ3n) is 8.35. The molecule has 228 valence electrons. The van der Waals surface area contributed by atoms with Crippen LogP contribution in [0.15, 0.2) is 54.6 Å². The third-order valence-corrected chi connectivity index (χ3v) is 8.35. The van der Waals surface area contributed by atoms with Crippen LogP contribution in [0.5, 0.6) is 5.75 Å². The molecule has 1 aromatic heterocycles. The van der Waals surface area contributed by atoms with Crippen LogP contribution in [0.2, 0.25) is 0 Å². The molecule has 1 unspecified atom stereocenters. The summed E-state index contributed by atoms with van der Waals surface area (Å²) in [7, 11) is 0. The summed E-state index contributed by atoms with van der Waals surface area (Å²) in [5.74, 6) is 0.797. The van der Waals surface area contributed by atoms with Gasteiger partial charge in [-0.2, -0.15) is 5.26 Å². The van der Waals surface area contributed by atoms with E-state index < -0.39 is 11.4 Å². The van der Waals surface area contributed by atoms with Crippen molar-refractivity contribution in [3.05, 3.63) is 94.1 Å². The minimum Gasteiger partial charge on any atom is -0.489 e.